The normalized spacial score (nSPS) is 20.6. The van der Waals surface area contributed by atoms with Crippen LogP contribution in [-0.2, 0) is 10.9 Å². The molecule has 1 amide bonds. The summed E-state index contributed by atoms with van der Waals surface area (Å²) in [4.78, 5) is 34.3. The SMILES string of the molecule is CCC1(N)CC(c2ncc(I)c(C(=O)OC(C)(C)C)n2)c2cc(C(F)(F)F)ccc2N1C(=O)O. The van der Waals surface area contributed by atoms with E-state index in [1.54, 1.807) is 27.7 Å². The first-order valence-electron chi connectivity index (χ1n) is 10.4. The molecule has 0 fully saturated rings. The first-order chi connectivity index (χ1) is 15.6. The minimum absolute atomic E-state index is 0.0158. The van der Waals surface area contributed by atoms with Crippen molar-refractivity contribution in [3.05, 3.63) is 50.6 Å². The summed E-state index contributed by atoms with van der Waals surface area (Å²) in [6.45, 7) is 6.77. The van der Waals surface area contributed by atoms with E-state index in [2.05, 4.69) is 9.97 Å². The number of halogens is 4. The lowest BCUT2D eigenvalue weighted by atomic mass is 9.80. The Morgan fingerprint density at radius 1 is 1.32 bits per heavy atom. The van der Waals surface area contributed by atoms with Crippen molar-refractivity contribution in [1.29, 1.82) is 0 Å². The van der Waals surface area contributed by atoms with Crippen LogP contribution < -0.4 is 10.6 Å². The van der Waals surface area contributed by atoms with Gasteiger partial charge in [0.05, 0.1) is 14.8 Å². The number of alkyl halides is 3. The number of rotatable bonds is 3. The molecule has 0 bridgehead atoms. The van der Waals surface area contributed by atoms with Crippen LogP contribution in [0.5, 0.6) is 0 Å². The standard InChI is InChI=1S/C22H24F3IN4O4/c1-5-21(27)9-13(17-28-10-14(26)16(29-17)18(31)34-20(2,3)4)12-8-11(22(23,24)25)6-7-15(12)30(21)19(32)33/h6-8,10,13H,5,9,27H2,1-4H3,(H,32,33). The molecule has 1 aliphatic rings. The fraction of sp³-hybridized carbons (Fsp3) is 0.455. The number of ether oxygens (including phenoxy) is 1. The lowest BCUT2D eigenvalue weighted by Crippen LogP contribution is -2.61. The molecule has 12 heteroatoms. The third kappa shape index (κ3) is 5.11. The van der Waals surface area contributed by atoms with Gasteiger partial charge in [0, 0.05) is 12.1 Å². The molecule has 0 radical (unpaired) electrons. The molecule has 8 nitrogen and oxygen atoms in total. The Morgan fingerprint density at radius 3 is 2.50 bits per heavy atom. The molecular weight excluding hydrogens is 568 g/mol. The van der Waals surface area contributed by atoms with E-state index in [4.69, 9.17) is 10.5 Å². The predicted octanol–water partition coefficient (Wildman–Crippen LogP) is 5.14. The molecule has 184 valence electrons. The molecule has 34 heavy (non-hydrogen) atoms. The zero-order valence-electron chi connectivity index (χ0n) is 18.9. The van der Waals surface area contributed by atoms with Gasteiger partial charge in [-0.25, -0.2) is 19.6 Å². The van der Waals surface area contributed by atoms with E-state index in [-0.39, 0.29) is 35.6 Å². The number of amides is 1. The second kappa shape index (κ2) is 8.95. The minimum Gasteiger partial charge on any atom is -0.465 e. The average Bonchev–Trinajstić information content (AvgIpc) is 2.70. The van der Waals surface area contributed by atoms with Gasteiger partial charge in [-0.15, -0.1) is 0 Å². The van der Waals surface area contributed by atoms with Gasteiger partial charge in [-0.05, 0) is 80.0 Å². The van der Waals surface area contributed by atoms with E-state index < -0.39 is 41.0 Å². The maximum absolute atomic E-state index is 13.5. The number of fused-ring (bicyclic) bond motifs is 1. The number of nitrogens with zero attached hydrogens (tertiary/aromatic N) is 3. The van der Waals surface area contributed by atoms with Crippen LogP contribution in [-0.4, -0.2) is 38.4 Å². The lowest BCUT2D eigenvalue weighted by Gasteiger charge is -2.46. The van der Waals surface area contributed by atoms with Crippen LogP contribution in [0.15, 0.2) is 24.4 Å². The Labute approximate surface area is 207 Å². The number of esters is 1. The topological polar surface area (TPSA) is 119 Å². The number of anilines is 1. The molecule has 3 rings (SSSR count). The summed E-state index contributed by atoms with van der Waals surface area (Å²) in [5, 5.41) is 9.83. The molecule has 3 N–H and O–H groups in total. The summed E-state index contributed by atoms with van der Waals surface area (Å²) in [7, 11) is 0. The van der Waals surface area contributed by atoms with Gasteiger partial charge in [0.1, 0.15) is 17.1 Å². The fourth-order valence-electron chi connectivity index (χ4n) is 3.85. The van der Waals surface area contributed by atoms with Gasteiger partial charge in [0.2, 0.25) is 0 Å². The highest BCUT2D eigenvalue weighted by Gasteiger charge is 2.46. The zero-order chi connectivity index (χ0) is 25.6. The second-order valence-corrected chi connectivity index (χ2v) is 10.2. The molecular formula is C22H24F3IN4O4. The predicted molar refractivity (Wildman–Crippen MR) is 126 cm³/mol. The monoisotopic (exact) mass is 592 g/mol. The summed E-state index contributed by atoms with van der Waals surface area (Å²) in [6.07, 6.45) is -4.56. The molecule has 0 saturated carbocycles. The van der Waals surface area contributed by atoms with Crippen molar-refractivity contribution in [2.24, 2.45) is 5.73 Å². The number of hydrogen-bond acceptors (Lipinski definition) is 6. The van der Waals surface area contributed by atoms with Gasteiger partial charge in [0.25, 0.3) is 0 Å². The van der Waals surface area contributed by atoms with E-state index in [1.165, 1.54) is 6.20 Å². The van der Waals surface area contributed by atoms with Crippen LogP contribution in [0.4, 0.5) is 23.7 Å². The van der Waals surface area contributed by atoms with Crippen molar-refractivity contribution in [2.75, 3.05) is 4.90 Å². The van der Waals surface area contributed by atoms with Crippen LogP contribution in [0.2, 0.25) is 0 Å². The van der Waals surface area contributed by atoms with E-state index in [9.17, 15) is 27.9 Å². The molecule has 0 saturated heterocycles. The van der Waals surface area contributed by atoms with Crippen molar-refractivity contribution < 1.29 is 32.6 Å². The number of carbonyl (C=O) groups excluding carboxylic acids is 1. The Balaban J connectivity index is 2.22. The van der Waals surface area contributed by atoms with Crippen molar-refractivity contribution in [2.45, 2.75) is 63.9 Å². The van der Waals surface area contributed by atoms with Crippen LogP contribution in [0.3, 0.4) is 0 Å². The summed E-state index contributed by atoms with van der Waals surface area (Å²) in [6, 6.07) is 2.80. The van der Waals surface area contributed by atoms with Gasteiger partial charge in [-0.3, -0.25) is 4.90 Å². The highest BCUT2D eigenvalue weighted by Crippen LogP contribution is 2.47. The lowest BCUT2D eigenvalue weighted by molar-refractivity contribution is -0.137. The third-order valence-electron chi connectivity index (χ3n) is 5.44. The summed E-state index contributed by atoms with van der Waals surface area (Å²) >= 11 is 1.87. The first kappa shape index (κ1) is 26.1. The minimum atomic E-state index is -4.65. The third-order valence-corrected chi connectivity index (χ3v) is 6.23. The molecule has 2 aromatic rings. The van der Waals surface area contributed by atoms with Gasteiger partial charge >= 0.3 is 18.2 Å². The summed E-state index contributed by atoms with van der Waals surface area (Å²) in [5.41, 5.74) is 3.33. The van der Waals surface area contributed by atoms with Crippen molar-refractivity contribution in [3.8, 4) is 0 Å². The number of nitrogens with two attached hydrogens (primary N) is 1. The molecule has 2 unspecified atom stereocenters. The van der Waals surface area contributed by atoms with E-state index >= 15 is 0 Å². The van der Waals surface area contributed by atoms with Gasteiger partial charge in [-0.1, -0.05) is 6.92 Å². The second-order valence-electron chi connectivity index (χ2n) is 9.03. The van der Waals surface area contributed by atoms with Crippen molar-refractivity contribution in [3.63, 3.8) is 0 Å². The van der Waals surface area contributed by atoms with E-state index in [1.807, 2.05) is 22.6 Å². The molecule has 1 aromatic carbocycles. The average molecular weight is 592 g/mol. The maximum atomic E-state index is 13.5. The maximum Gasteiger partial charge on any atom is 0.416 e. The molecule has 0 spiro atoms. The van der Waals surface area contributed by atoms with Crippen LogP contribution >= 0.6 is 22.6 Å². The summed E-state index contributed by atoms with van der Waals surface area (Å²) < 4.78 is 46.3. The molecule has 0 aliphatic carbocycles. The molecule has 2 atom stereocenters. The highest BCUT2D eigenvalue weighted by atomic mass is 127. The number of hydrogen-bond donors (Lipinski definition) is 2. The quantitative estimate of drug-likeness (QED) is 0.374. The Morgan fingerprint density at radius 2 is 1.97 bits per heavy atom. The van der Waals surface area contributed by atoms with Gasteiger partial charge < -0.3 is 15.6 Å². The molecule has 1 aliphatic heterocycles. The Kier molecular flexibility index (Phi) is 6.88. The van der Waals surface area contributed by atoms with Gasteiger partial charge in [-0.2, -0.15) is 13.2 Å². The number of aromatic nitrogens is 2. The number of carbonyl (C=O) groups is 2. The van der Waals surface area contributed by atoms with E-state index in [0.717, 1.165) is 23.1 Å². The molecule has 1 aromatic heterocycles. The fourth-order valence-corrected chi connectivity index (χ4v) is 4.33. The van der Waals surface area contributed by atoms with E-state index in [0.29, 0.717) is 3.57 Å². The smallest absolute Gasteiger partial charge is 0.416 e. The van der Waals surface area contributed by atoms with Crippen molar-refractivity contribution >= 4 is 40.3 Å². The first-order valence-corrected chi connectivity index (χ1v) is 11.4. The highest BCUT2D eigenvalue weighted by molar-refractivity contribution is 14.1. The van der Waals surface area contributed by atoms with Crippen LogP contribution in [0.25, 0.3) is 0 Å². The van der Waals surface area contributed by atoms with Crippen LogP contribution in [0, 0.1) is 3.57 Å². The number of benzene rings is 1. The number of carboxylic acid groups (broad SMARTS) is 1. The largest absolute Gasteiger partial charge is 0.465 e. The zero-order valence-corrected chi connectivity index (χ0v) is 21.1. The van der Waals surface area contributed by atoms with Gasteiger partial charge in [0.15, 0.2) is 5.69 Å². The summed E-state index contributed by atoms with van der Waals surface area (Å²) in [5.74, 6) is -1.55. The van der Waals surface area contributed by atoms with Crippen LogP contribution in [0.1, 0.15) is 73.9 Å². The molecule has 2 heterocycles. The Hall–Kier alpha value is -2.48. The Bertz CT molecular complexity index is 1140. The van der Waals surface area contributed by atoms with Crippen molar-refractivity contribution in [1.82, 2.24) is 9.97 Å².